The van der Waals surface area contributed by atoms with Gasteiger partial charge in [0.15, 0.2) is 0 Å². The number of nitrogens with zero attached hydrogens (tertiary/aromatic N) is 5. The van der Waals surface area contributed by atoms with Crippen LogP contribution >= 0.6 is 11.6 Å². The Kier molecular flexibility index (Phi) is 7.69. The standard InChI is InChI=1S/C28H34ClN5O3/c1-20(35)33-12-11-27-26(19-33)28(21-3-5-22(29)6-4-21)30-34(27)18-24(36)17-31-13-15-32(16-14-31)23-7-9-25(37-2)10-8-23/h3-10,24,36H,11-19H2,1-2H3. The fraction of sp³-hybridized carbons (Fsp3) is 0.429. The van der Waals surface area contributed by atoms with Gasteiger partial charge < -0.3 is 19.6 Å². The van der Waals surface area contributed by atoms with Crippen molar-refractivity contribution in [1.82, 2.24) is 19.6 Å². The first-order valence-corrected chi connectivity index (χ1v) is 13.2. The van der Waals surface area contributed by atoms with E-state index in [1.165, 1.54) is 5.69 Å². The van der Waals surface area contributed by atoms with Gasteiger partial charge in [-0.1, -0.05) is 23.7 Å². The molecule has 1 N–H and O–H groups in total. The number of aliphatic hydroxyl groups is 1. The molecule has 8 nitrogen and oxygen atoms in total. The predicted octanol–water partition coefficient (Wildman–Crippen LogP) is 3.30. The molecule has 2 aliphatic rings. The highest BCUT2D eigenvalue weighted by atomic mass is 35.5. The Bertz CT molecular complexity index is 1220. The third-order valence-electron chi connectivity index (χ3n) is 7.36. The summed E-state index contributed by atoms with van der Waals surface area (Å²) >= 11 is 6.11. The highest BCUT2D eigenvalue weighted by molar-refractivity contribution is 6.30. The lowest BCUT2D eigenvalue weighted by molar-refractivity contribution is -0.129. The fourth-order valence-electron chi connectivity index (χ4n) is 5.29. The van der Waals surface area contributed by atoms with Crippen molar-refractivity contribution >= 4 is 23.2 Å². The van der Waals surface area contributed by atoms with Gasteiger partial charge in [0, 0.05) is 86.7 Å². The lowest BCUT2D eigenvalue weighted by Gasteiger charge is -2.37. The van der Waals surface area contributed by atoms with Gasteiger partial charge >= 0.3 is 0 Å². The molecule has 5 rings (SSSR count). The predicted molar refractivity (Wildman–Crippen MR) is 145 cm³/mol. The Morgan fingerprint density at radius 2 is 1.73 bits per heavy atom. The zero-order chi connectivity index (χ0) is 25.9. The van der Waals surface area contributed by atoms with Gasteiger partial charge in [-0.25, -0.2) is 0 Å². The number of carbonyl (C=O) groups excluding carboxylic acids is 1. The molecule has 1 amide bonds. The van der Waals surface area contributed by atoms with E-state index >= 15 is 0 Å². The maximum atomic E-state index is 12.1. The topological polar surface area (TPSA) is 74.1 Å². The number of hydrogen-bond acceptors (Lipinski definition) is 6. The van der Waals surface area contributed by atoms with Crippen LogP contribution in [0.1, 0.15) is 18.2 Å². The number of ether oxygens (including phenoxy) is 1. The number of aliphatic hydroxyl groups excluding tert-OH is 1. The minimum absolute atomic E-state index is 0.0641. The molecule has 1 saturated heterocycles. The molecule has 1 aromatic heterocycles. The molecular formula is C28H34ClN5O3. The van der Waals surface area contributed by atoms with Gasteiger partial charge in [0.05, 0.1) is 25.5 Å². The van der Waals surface area contributed by atoms with Gasteiger partial charge in [0.1, 0.15) is 5.75 Å². The lowest BCUT2D eigenvalue weighted by Crippen LogP contribution is -2.49. The summed E-state index contributed by atoms with van der Waals surface area (Å²) in [6.45, 7) is 7.44. The van der Waals surface area contributed by atoms with E-state index in [4.69, 9.17) is 21.4 Å². The Morgan fingerprint density at radius 1 is 1.03 bits per heavy atom. The minimum Gasteiger partial charge on any atom is -0.497 e. The summed E-state index contributed by atoms with van der Waals surface area (Å²) < 4.78 is 7.22. The van der Waals surface area contributed by atoms with Crippen LogP contribution in [0.25, 0.3) is 11.3 Å². The normalized spacial score (nSPS) is 17.0. The maximum absolute atomic E-state index is 12.1. The van der Waals surface area contributed by atoms with Gasteiger partial charge in [0.2, 0.25) is 5.91 Å². The van der Waals surface area contributed by atoms with E-state index in [1.807, 2.05) is 46.0 Å². The van der Waals surface area contributed by atoms with E-state index in [9.17, 15) is 9.90 Å². The van der Waals surface area contributed by atoms with Crippen molar-refractivity contribution in [2.45, 2.75) is 32.5 Å². The largest absolute Gasteiger partial charge is 0.497 e. The average Bonchev–Trinajstić information content (AvgIpc) is 3.27. The number of anilines is 1. The van der Waals surface area contributed by atoms with E-state index in [2.05, 4.69) is 21.9 Å². The molecule has 37 heavy (non-hydrogen) atoms. The number of carbonyl (C=O) groups is 1. The second-order valence-electron chi connectivity index (χ2n) is 9.79. The van der Waals surface area contributed by atoms with E-state index in [0.717, 1.165) is 60.9 Å². The molecule has 1 atom stereocenters. The molecule has 196 valence electrons. The van der Waals surface area contributed by atoms with Gasteiger partial charge in [0.25, 0.3) is 0 Å². The molecule has 1 fully saturated rings. The number of halogens is 1. The fourth-order valence-corrected chi connectivity index (χ4v) is 5.41. The van der Waals surface area contributed by atoms with E-state index in [0.29, 0.717) is 31.2 Å². The molecule has 2 aromatic carbocycles. The first-order chi connectivity index (χ1) is 17.9. The van der Waals surface area contributed by atoms with Crippen LogP contribution < -0.4 is 9.64 Å². The SMILES string of the molecule is COc1ccc(N2CCN(CC(O)Cn3nc(-c4ccc(Cl)cc4)c4c3CCN(C(C)=O)C4)CC2)cc1. The van der Waals surface area contributed by atoms with Crippen molar-refractivity contribution in [1.29, 1.82) is 0 Å². The average molecular weight is 524 g/mol. The Morgan fingerprint density at radius 3 is 2.38 bits per heavy atom. The van der Waals surface area contributed by atoms with Crippen molar-refractivity contribution in [3.63, 3.8) is 0 Å². The highest BCUT2D eigenvalue weighted by Crippen LogP contribution is 2.31. The number of hydrogen-bond donors (Lipinski definition) is 1. The molecule has 3 heterocycles. The summed E-state index contributed by atoms with van der Waals surface area (Å²) in [4.78, 5) is 18.6. The molecule has 0 spiro atoms. The lowest BCUT2D eigenvalue weighted by atomic mass is 10.0. The van der Waals surface area contributed by atoms with E-state index < -0.39 is 6.10 Å². The quantitative estimate of drug-likeness (QED) is 0.512. The number of piperazine rings is 1. The summed E-state index contributed by atoms with van der Waals surface area (Å²) in [6, 6.07) is 15.8. The molecule has 3 aromatic rings. The number of benzene rings is 2. The van der Waals surface area contributed by atoms with Gasteiger partial charge in [-0.05, 0) is 36.4 Å². The number of amides is 1. The minimum atomic E-state index is -0.541. The van der Waals surface area contributed by atoms with Crippen molar-refractivity contribution < 1.29 is 14.6 Å². The maximum Gasteiger partial charge on any atom is 0.219 e. The zero-order valence-electron chi connectivity index (χ0n) is 21.4. The number of rotatable bonds is 7. The molecule has 0 aliphatic carbocycles. The first kappa shape index (κ1) is 25.6. The highest BCUT2D eigenvalue weighted by Gasteiger charge is 2.28. The van der Waals surface area contributed by atoms with Crippen LogP contribution in [0.3, 0.4) is 0 Å². The second kappa shape index (κ2) is 11.1. The van der Waals surface area contributed by atoms with Gasteiger partial charge in [-0.15, -0.1) is 0 Å². The molecule has 0 radical (unpaired) electrons. The number of fused-ring (bicyclic) bond motifs is 1. The Labute approximate surface area is 223 Å². The van der Waals surface area contributed by atoms with Crippen LogP contribution in [-0.2, 0) is 24.3 Å². The van der Waals surface area contributed by atoms with Crippen molar-refractivity contribution in [3.05, 3.63) is 64.8 Å². The van der Waals surface area contributed by atoms with E-state index in [1.54, 1.807) is 14.0 Å². The monoisotopic (exact) mass is 523 g/mol. The molecule has 0 saturated carbocycles. The van der Waals surface area contributed by atoms with Crippen LogP contribution in [0.5, 0.6) is 5.75 Å². The summed E-state index contributed by atoms with van der Waals surface area (Å²) in [7, 11) is 1.68. The van der Waals surface area contributed by atoms with Crippen molar-refractivity contribution in [2.75, 3.05) is 51.3 Å². The van der Waals surface area contributed by atoms with Gasteiger partial charge in [-0.3, -0.25) is 14.4 Å². The summed E-state index contributed by atoms with van der Waals surface area (Å²) in [5.41, 5.74) is 5.18. The van der Waals surface area contributed by atoms with Crippen LogP contribution in [0.4, 0.5) is 5.69 Å². The van der Waals surface area contributed by atoms with Crippen molar-refractivity contribution in [2.24, 2.45) is 0 Å². The number of β-amino-alcohol motifs (C(OH)–C–C–N with tert-alkyl or cyclic N) is 1. The number of aromatic nitrogens is 2. The molecule has 0 bridgehead atoms. The van der Waals surface area contributed by atoms with E-state index in [-0.39, 0.29) is 5.91 Å². The van der Waals surface area contributed by atoms with Crippen LogP contribution in [-0.4, -0.2) is 83.1 Å². The Hall–Kier alpha value is -3.07. The summed E-state index contributed by atoms with van der Waals surface area (Å²) in [5.74, 6) is 0.925. The molecule has 9 heteroatoms. The molecule has 1 unspecified atom stereocenters. The van der Waals surface area contributed by atoms with Crippen LogP contribution in [0, 0.1) is 0 Å². The summed E-state index contributed by atoms with van der Waals surface area (Å²) in [5, 5.41) is 16.6. The van der Waals surface area contributed by atoms with Crippen LogP contribution in [0.2, 0.25) is 5.02 Å². The first-order valence-electron chi connectivity index (χ1n) is 12.8. The van der Waals surface area contributed by atoms with Crippen molar-refractivity contribution in [3.8, 4) is 17.0 Å². The zero-order valence-corrected chi connectivity index (χ0v) is 22.2. The molecular weight excluding hydrogens is 490 g/mol. The third-order valence-corrected chi connectivity index (χ3v) is 7.61. The Balaban J connectivity index is 1.25. The number of methoxy groups -OCH3 is 1. The van der Waals surface area contributed by atoms with Gasteiger partial charge in [-0.2, -0.15) is 5.10 Å². The summed E-state index contributed by atoms with van der Waals surface area (Å²) in [6.07, 6.45) is 0.184. The third kappa shape index (κ3) is 5.76. The second-order valence-corrected chi connectivity index (χ2v) is 10.2. The molecule has 2 aliphatic heterocycles. The van der Waals surface area contributed by atoms with Crippen LogP contribution in [0.15, 0.2) is 48.5 Å². The smallest absolute Gasteiger partial charge is 0.219 e.